The fraction of sp³-hybridized carbons (Fsp3) is 0.438. The lowest BCUT2D eigenvalue weighted by Crippen LogP contribution is -2.36. The SMILES string of the molecule is Cc1ccnc(C2(O)CCC(Nc3cc[nH]c3)CC2)c1. The summed E-state index contributed by atoms with van der Waals surface area (Å²) in [5.41, 5.74) is 2.32. The van der Waals surface area contributed by atoms with E-state index < -0.39 is 5.60 Å². The molecular weight excluding hydrogens is 250 g/mol. The molecule has 0 aromatic carbocycles. The number of hydrogen-bond acceptors (Lipinski definition) is 3. The van der Waals surface area contributed by atoms with Crippen LogP contribution in [-0.4, -0.2) is 21.1 Å². The number of aliphatic hydroxyl groups is 1. The molecule has 0 amide bonds. The van der Waals surface area contributed by atoms with E-state index in [1.807, 2.05) is 37.5 Å². The maximum atomic E-state index is 10.8. The first kappa shape index (κ1) is 13.2. The molecule has 0 unspecified atom stereocenters. The zero-order valence-corrected chi connectivity index (χ0v) is 11.8. The quantitative estimate of drug-likeness (QED) is 0.804. The van der Waals surface area contributed by atoms with Crippen LogP contribution in [-0.2, 0) is 5.60 Å². The second kappa shape index (κ2) is 5.29. The van der Waals surface area contributed by atoms with Crippen LogP contribution in [0.1, 0.15) is 36.9 Å². The summed E-state index contributed by atoms with van der Waals surface area (Å²) in [6, 6.07) is 6.42. The predicted molar refractivity (Wildman–Crippen MR) is 79.5 cm³/mol. The topological polar surface area (TPSA) is 60.9 Å². The van der Waals surface area contributed by atoms with Crippen molar-refractivity contribution in [3.63, 3.8) is 0 Å². The van der Waals surface area contributed by atoms with Gasteiger partial charge >= 0.3 is 0 Å². The van der Waals surface area contributed by atoms with Gasteiger partial charge in [-0.15, -0.1) is 0 Å². The van der Waals surface area contributed by atoms with E-state index in [2.05, 4.69) is 15.3 Å². The summed E-state index contributed by atoms with van der Waals surface area (Å²) in [6.45, 7) is 2.04. The Morgan fingerprint density at radius 3 is 2.80 bits per heavy atom. The summed E-state index contributed by atoms with van der Waals surface area (Å²) in [5.74, 6) is 0. The molecule has 106 valence electrons. The molecule has 0 spiro atoms. The molecule has 2 aromatic rings. The molecule has 0 aliphatic heterocycles. The van der Waals surface area contributed by atoms with Crippen molar-refractivity contribution in [2.45, 2.75) is 44.2 Å². The van der Waals surface area contributed by atoms with Gasteiger partial charge in [-0.3, -0.25) is 4.98 Å². The van der Waals surface area contributed by atoms with Crippen molar-refractivity contribution in [1.29, 1.82) is 0 Å². The molecular formula is C16H21N3O. The summed E-state index contributed by atoms with van der Waals surface area (Å²) >= 11 is 0. The summed E-state index contributed by atoms with van der Waals surface area (Å²) in [7, 11) is 0. The number of rotatable bonds is 3. The van der Waals surface area contributed by atoms with Crippen molar-refractivity contribution < 1.29 is 5.11 Å². The van der Waals surface area contributed by atoms with E-state index in [1.165, 1.54) is 0 Å². The van der Waals surface area contributed by atoms with Gasteiger partial charge in [0, 0.05) is 24.6 Å². The van der Waals surface area contributed by atoms with Gasteiger partial charge in [-0.05, 0) is 56.4 Å². The van der Waals surface area contributed by atoms with Crippen molar-refractivity contribution >= 4 is 5.69 Å². The highest BCUT2D eigenvalue weighted by molar-refractivity contribution is 5.41. The molecule has 2 aromatic heterocycles. The van der Waals surface area contributed by atoms with Gasteiger partial charge in [0.25, 0.3) is 0 Å². The van der Waals surface area contributed by atoms with Gasteiger partial charge in [0.2, 0.25) is 0 Å². The Bertz CT molecular complexity index is 557. The van der Waals surface area contributed by atoms with E-state index in [1.54, 1.807) is 6.20 Å². The van der Waals surface area contributed by atoms with Crippen LogP contribution in [0.25, 0.3) is 0 Å². The van der Waals surface area contributed by atoms with Gasteiger partial charge in [-0.2, -0.15) is 0 Å². The molecule has 4 heteroatoms. The third kappa shape index (κ3) is 2.70. The number of aromatic nitrogens is 2. The van der Waals surface area contributed by atoms with E-state index in [4.69, 9.17) is 0 Å². The van der Waals surface area contributed by atoms with Gasteiger partial charge in [0.1, 0.15) is 5.60 Å². The number of pyridine rings is 1. The first-order valence-electron chi connectivity index (χ1n) is 7.21. The Kier molecular flexibility index (Phi) is 3.49. The molecule has 0 atom stereocenters. The monoisotopic (exact) mass is 271 g/mol. The smallest absolute Gasteiger partial charge is 0.107 e. The van der Waals surface area contributed by atoms with E-state index in [9.17, 15) is 5.11 Å². The second-order valence-electron chi connectivity index (χ2n) is 5.77. The van der Waals surface area contributed by atoms with Gasteiger partial charge in [-0.25, -0.2) is 0 Å². The molecule has 0 radical (unpaired) electrons. The number of H-pyrrole nitrogens is 1. The molecule has 0 bridgehead atoms. The molecule has 3 rings (SSSR count). The van der Waals surface area contributed by atoms with Crippen LogP contribution in [0.4, 0.5) is 5.69 Å². The zero-order chi connectivity index (χ0) is 14.0. The molecule has 3 N–H and O–H groups in total. The van der Waals surface area contributed by atoms with Gasteiger partial charge < -0.3 is 15.4 Å². The Balaban J connectivity index is 1.65. The summed E-state index contributed by atoms with van der Waals surface area (Å²) in [6.07, 6.45) is 9.08. The summed E-state index contributed by atoms with van der Waals surface area (Å²) in [4.78, 5) is 7.41. The number of nitrogens with zero attached hydrogens (tertiary/aromatic N) is 1. The molecule has 1 aliphatic rings. The second-order valence-corrected chi connectivity index (χ2v) is 5.77. The van der Waals surface area contributed by atoms with Crippen molar-refractivity contribution in [1.82, 2.24) is 9.97 Å². The molecule has 4 nitrogen and oxygen atoms in total. The van der Waals surface area contributed by atoms with E-state index >= 15 is 0 Å². The standard InChI is InChI=1S/C16H21N3O/c1-12-4-9-18-15(10-12)16(20)6-2-13(3-7-16)19-14-5-8-17-11-14/h4-5,8-11,13,17,19-20H,2-3,6-7H2,1H3. The van der Waals surface area contributed by atoms with E-state index in [-0.39, 0.29) is 0 Å². The molecule has 2 heterocycles. The first-order chi connectivity index (χ1) is 9.66. The third-order valence-electron chi connectivity index (χ3n) is 4.17. The lowest BCUT2D eigenvalue weighted by molar-refractivity contribution is -0.00730. The normalized spacial score (nSPS) is 26.4. The number of aromatic amines is 1. The molecule has 1 aliphatic carbocycles. The van der Waals surface area contributed by atoms with E-state index in [0.29, 0.717) is 6.04 Å². The van der Waals surface area contributed by atoms with Crippen LogP contribution < -0.4 is 5.32 Å². The van der Waals surface area contributed by atoms with Crippen molar-refractivity contribution in [2.24, 2.45) is 0 Å². The Morgan fingerprint density at radius 1 is 1.35 bits per heavy atom. The number of nitrogens with one attached hydrogen (secondary N) is 2. The Labute approximate surface area is 119 Å². The van der Waals surface area contributed by atoms with Crippen molar-refractivity contribution in [3.05, 3.63) is 48.0 Å². The van der Waals surface area contributed by atoms with Gasteiger partial charge in [0.05, 0.1) is 11.4 Å². The Hall–Kier alpha value is -1.81. The largest absolute Gasteiger partial charge is 0.384 e. The molecule has 1 fully saturated rings. The first-order valence-corrected chi connectivity index (χ1v) is 7.21. The van der Waals surface area contributed by atoms with Crippen LogP contribution in [0.5, 0.6) is 0 Å². The molecule has 20 heavy (non-hydrogen) atoms. The number of aryl methyl sites for hydroxylation is 1. The lowest BCUT2D eigenvalue weighted by atomic mass is 9.79. The minimum absolute atomic E-state index is 0.427. The fourth-order valence-electron chi connectivity index (χ4n) is 2.94. The van der Waals surface area contributed by atoms with Crippen LogP contribution in [0.3, 0.4) is 0 Å². The summed E-state index contributed by atoms with van der Waals surface area (Å²) < 4.78 is 0. The number of anilines is 1. The zero-order valence-electron chi connectivity index (χ0n) is 11.8. The minimum Gasteiger partial charge on any atom is -0.384 e. The lowest BCUT2D eigenvalue weighted by Gasteiger charge is -2.36. The van der Waals surface area contributed by atoms with Gasteiger partial charge in [0.15, 0.2) is 0 Å². The maximum Gasteiger partial charge on any atom is 0.107 e. The van der Waals surface area contributed by atoms with Crippen LogP contribution >= 0.6 is 0 Å². The fourth-order valence-corrected chi connectivity index (χ4v) is 2.94. The highest BCUT2D eigenvalue weighted by Crippen LogP contribution is 2.37. The van der Waals surface area contributed by atoms with Crippen LogP contribution in [0.15, 0.2) is 36.8 Å². The van der Waals surface area contributed by atoms with Crippen molar-refractivity contribution in [3.8, 4) is 0 Å². The average molecular weight is 271 g/mol. The van der Waals surface area contributed by atoms with Gasteiger partial charge in [-0.1, -0.05) is 0 Å². The third-order valence-corrected chi connectivity index (χ3v) is 4.17. The van der Waals surface area contributed by atoms with Crippen LogP contribution in [0.2, 0.25) is 0 Å². The highest BCUT2D eigenvalue weighted by atomic mass is 16.3. The average Bonchev–Trinajstić information content (AvgIpc) is 2.95. The van der Waals surface area contributed by atoms with Crippen LogP contribution in [0, 0.1) is 6.92 Å². The maximum absolute atomic E-state index is 10.8. The Morgan fingerprint density at radius 2 is 2.15 bits per heavy atom. The predicted octanol–water partition coefficient (Wildman–Crippen LogP) is 2.96. The molecule has 0 saturated heterocycles. The van der Waals surface area contributed by atoms with E-state index in [0.717, 1.165) is 42.6 Å². The highest BCUT2D eigenvalue weighted by Gasteiger charge is 2.35. The van der Waals surface area contributed by atoms with Crippen molar-refractivity contribution in [2.75, 3.05) is 5.32 Å². The molecule has 1 saturated carbocycles. The summed E-state index contributed by atoms with van der Waals surface area (Å²) in [5, 5.41) is 14.3. The number of hydrogen-bond donors (Lipinski definition) is 3. The minimum atomic E-state index is -0.762.